The van der Waals surface area contributed by atoms with E-state index in [4.69, 9.17) is 5.26 Å². The summed E-state index contributed by atoms with van der Waals surface area (Å²) < 4.78 is 0. The van der Waals surface area contributed by atoms with Gasteiger partial charge >= 0.3 is 0 Å². The fourth-order valence-corrected chi connectivity index (χ4v) is 2.18. The van der Waals surface area contributed by atoms with Crippen LogP contribution >= 0.6 is 0 Å². The molecular formula is C16H24N4O. The molecule has 5 nitrogen and oxygen atoms in total. The molecule has 0 unspecified atom stereocenters. The summed E-state index contributed by atoms with van der Waals surface area (Å²) in [6, 6.07) is 5.25. The van der Waals surface area contributed by atoms with Gasteiger partial charge in [-0.1, -0.05) is 13.8 Å². The van der Waals surface area contributed by atoms with E-state index in [2.05, 4.69) is 23.7 Å². The maximum atomic E-state index is 12.4. The van der Waals surface area contributed by atoms with Crippen LogP contribution in [0, 0.1) is 11.3 Å². The van der Waals surface area contributed by atoms with E-state index in [0.29, 0.717) is 17.8 Å². The molecular weight excluding hydrogens is 264 g/mol. The summed E-state index contributed by atoms with van der Waals surface area (Å²) in [7, 11) is 0. The lowest BCUT2D eigenvalue weighted by Gasteiger charge is -2.23. The Morgan fingerprint density at radius 3 is 2.38 bits per heavy atom. The third kappa shape index (κ3) is 5.16. The molecule has 1 aromatic rings. The van der Waals surface area contributed by atoms with Gasteiger partial charge in [-0.25, -0.2) is 4.98 Å². The van der Waals surface area contributed by atoms with E-state index < -0.39 is 0 Å². The fraction of sp³-hybridized carbons (Fsp3) is 0.562. The molecule has 0 atom stereocenters. The second kappa shape index (κ2) is 9.09. The number of nitrogens with zero attached hydrogens (tertiary/aromatic N) is 4. The predicted molar refractivity (Wildman–Crippen MR) is 82.9 cm³/mol. The number of hydrogen-bond donors (Lipinski definition) is 0. The second-order valence-electron chi connectivity index (χ2n) is 4.81. The van der Waals surface area contributed by atoms with Crippen LogP contribution in [0.1, 0.15) is 43.2 Å². The van der Waals surface area contributed by atoms with Crippen LogP contribution < -0.4 is 0 Å². The Morgan fingerprint density at radius 2 is 1.90 bits per heavy atom. The molecule has 1 amide bonds. The molecule has 0 radical (unpaired) electrons. The molecule has 1 heterocycles. The number of hydrogen-bond acceptors (Lipinski definition) is 4. The molecule has 0 saturated heterocycles. The number of aromatic nitrogens is 1. The Bertz CT molecular complexity index is 474. The lowest BCUT2D eigenvalue weighted by atomic mass is 10.2. The number of carbonyl (C=O) groups excluding carboxylic acids is 1. The zero-order valence-corrected chi connectivity index (χ0v) is 13.2. The molecule has 1 rings (SSSR count). The minimum atomic E-state index is -0.0680. The van der Waals surface area contributed by atoms with E-state index in [1.165, 1.54) is 6.20 Å². The quantitative estimate of drug-likeness (QED) is 0.735. The van der Waals surface area contributed by atoms with Gasteiger partial charge in [-0.15, -0.1) is 0 Å². The summed E-state index contributed by atoms with van der Waals surface area (Å²) in [5, 5.41) is 8.75. The van der Waals surface area contributed by atoms with Gasteiger partial charge in [-0.2, -0.15) is 5.26 Å². The van der Waals surface area contributed by atoms with Crippen LogP contribution in [-0.2, 0) is 0 Å². The molecule has 21 heavy (non-hydrogen) atoms. The maximum absolute atomic E-state index is 12.4. The van der Waals surface area contributed by atoms with Gasteiger partial charge in [0.2, 0.25) is 0 Å². The normalized spacial score (nSPS) is 10.4. The maximum Gasteiger partial charge on any atom is 0.272 e. The number of nitriles is 1. The first-order valence-corrected chi connectivity index (χ1v) is 7.53. The van der Waals surface area contributed by atoms with Crippen molar-refractivity contribution in [1.82, 2.24) is 14.8 Å². The van der Waals surface area contributed by atoms with Crippen molar-refractivity contribution < 1.29 is 4.79 Å². The summed E-state index contributed by atoms with van der Waals surface area (Å²) in [4.78, 5) is 20.6. The van der Waals surface area contributed by atoms with Gasteiger partial charge in [-0.3, -0.25) is 4.79 Å². The zero-order chi connectivity index (χ0) is 15.7. The average molecular weight is 288 g/mol. The highest BCUT2D eigenvalue weighted by Gasteiger charge is 2.15. The summed E-state index contributed by atoms with van der Waals surface area (Å²) in [5.74, 6) is -0.0680. The van der Waals surface area contributed by atoms with Crippen LogP contribution in [0.2, 0.25) is 0 Å². The van der Waals surface area contributed by atoms with Gasteiger partial charge in [0.15, 0.2) is 0 Å². The summed E-state index contributed by atoms with van der Waals surface area (Å²) in [6.45, 7) is 10.7. The number of carbonyl (C=O) groups is 1. The van der Waals surface area contributed by atoms with Crippen LogP contribution in [-0.4, -0.2) is 53.4 Å². The molecule has 0 bridgehead atoms. The van der Waals surface area contributed by atoms with Crippen molar-refractivity contribution in [3.05, 3.63) is 29.6 Å². The van der Waals surface area contributed by atoms with Crippen LogP contribution in [0.15, 0.2) is 18.3 Å². The molecule has 0 saturated carbocycles. The monoisotopic (exact) mass is 288 g/mol. The number of amides is 1. The van der Waals surface area contributed by atoms with E-state index in [9.17, 15) is 4.79 Å². The zero-order valence-electron chi connectivity index (χ0n) is 13.2. The first-order chi connectivity index (χ1) is 10.2. The van der Waals surface area contributed by atoms with Gasteiger partial charge in [0.1, 0.15) is 11.8 Å². The third-order valence-corrected chi connectivity index (χ3v) is 3.58. The van der Waals surface area contributed by atoms with Gasteiger partial charge in [0.05, 0.1) is 5.56 Å². The van der Waals surface area contributed by atoms with Gasteiger partial charge in [-0.05, 0) is 45.1 Å². The van der Waals surface area contributed by atoms with Crippen LogP contribution in [0.3, 0.4) is 0 Å². The van der Waals surface area contributed by atoms with Crippen molar-refractivity contribution in [1.29, 1.82) is 5.26 Å². The molecule has 1 aromatic heterocycles. The van der Waals surface area contributed by atoms with Gasteiger partial charge < -0.3 is 9.80 Å². The van der Waals surface area contributed by atoms with Crippen LogP contribution in [0.25, 0.3) is 0 Å². The Balaban J connectivity index is 2.58. The topological polar surface area (TPSA) is 60.2 Å². The van der Waals surface area contributed by atoms with Crippen molar-refractivity contribution in [2.75, 3.05) is 32.7 Å². The fourth-order valence-electron chi connectivity index (χ4n) is 2.18. The lowest BCUT2D eigenvalue weighted by molar-refractivity contribution is 0.0751. The highest BCUT2D eigenvalue weighted by Crippen LogP contribution is 2.05. The van der Waals surface area contributed by atoms with Crippen molar-refractivity contribution in [2.24, 2.45) is 0 Å². The Labute approximate surface area is 127 Å². The van der Waals surface area contributed by atoms with E-state index in [1.807, 2.05) is 13.0 Å². The number of pyridine rings is 1. The van der Waals surface area contributed by atoms with Crippen molar-refractivity contribution in [3.8, 4) is 6.07 Å². The minimum absolute atomic E-state index is 0.0680. The molecule has 0 spiro atoms. The van der Waals surface area contributed by atoms with Crippen molar-refractivity contribution >= 4 is 5.91 Å². The Kier molecular flexibility index (Phi) is 7.41. The first kappa shape index (κ1) is 17.1. The second-order valence-corrected chi connectivity index (χ2v) is 4.81. The summed E-state index contributed by atoms with van der Waals surface area (Å²) in [5.41, 5.74) is 0.870. The van der Waals surface area contributed by atoms with E-state index in [1.54, 1.807) is 17.0 Å². The van der Waals surface area contributed by atoms with Gasteiger partial charge in [0, 0.05) is 19.3 Å². The van der Waals surface area contributed by atoms with Crippen molar-refractivity contribution in [3.63, 3.8) is 0 Å². The molecule has 0 aliphatic rings. The Morgan fingerprint density at radius 1 is 1.19 bits per heavy atom. The SMILES string of the molecule is CCN(CC)CCCN(CC)C(=O)c1ccc(C#N)cn1. The number of rotatable bonds is 8. The molecule has 0 aromatic carbocycles. The van der Waals surface area contributed by atoms with Crippen LogP contribution in [0.4, 0.5) is 0 Å². The third-order valence-electron chi connectivity index (χ3n) is 3.58. The van der Waals surface area contributed by atoms with E-state index >= 15 is 0 Å². The highest BCUT2D eigenvalue weighted by atomic mass is 16.2. The average Bonchev–Trinajstić information content (AvgIpc) is 2.55. The highest BCUT2D eigenvalue weighted by molar-refractivity contribution is 5.92. The largest absolute Gasteiger partial charge is 0.338 e. The summed E-state index contributed by atoms with van der Waals surface area (Å²) in [6.07, 6.45) is 2.40. The molecule has 0 aliphatic heterocycles. The molecule has 0 aliphatic carbocycles. The predicted octanol–water partition coefficient (Wildman–Crippen LogP) is 2.15. The van der Waals surface area contributed by atoms with Crippen molar-refractivity contribution in [2.45, 2.75) is 27.2 Å². The molecule has 0 N–H and O–H groups in total. The first-order valence-electron chi connectivity index (χ1n) is 7.53. The lowest BCUT2D eigenvalue weighted by Crippen LogP contribution is -2.34. The van der Waals surface area contributed by atoms with E-state index in [-0.39, 0.29) is 5.91 Å². The Hall–Kier alpha value is -1.93. The standard InChI is InChI=1S/C16H24N4O/c1-4-19(5-2)10-7-11-20(6-3)16(21)15-9-8-14(12-17)13-18-15/h8-9,13H,4-7,10-11H2,1-3H3. The van der Waals surface area contributed by atoms with E-state index in [0.717, 1.165) is 32.6 Å². The minimum Gasteiger partial charge on any atom is -0.338 e. The van der Waals surface area contributed by atoms with Crippen LogP contribution in [0.5, 0.6) is 0 Å². The summed E-state index contributed by atoms with van der Waals surface area (Å²) >= 11 is 0. The smallest absolute Gasteiger partial charge is 0.272 e. The molecule has 0 fully saturated rings. The van der Waals surface area contributed by atoms with Gasteiger partial charge in [0.25, 0.3) is 5.91 Å². The molecule has 5 heteroatoms. The molecule has 114 valence electrons.